The van der Waals surface area contributed by atoms with Gasteiger partial charge in [-0.3, -0.25) is 4.79 Å². The monoisotopic (exact) mass is 300 g/mol. The van der Waals surface area contributed by atoms with E-state index in [2.05, 4.69) is 23.8 Å². The summed E-state index contributed by atoms with van der Waals surface area (Å²) in [5, 5.41) is 15.6. The number of carboxylic acid groups (broad SMARTS) is 1. The molecule has 2 saturated carbocycles. The van der Waals surface area contributed by atoms with E-state index >= 15 is 0 Å². The summed E-state index contributed by atoms with van der Waals surface area (Å²) < 4.78 is 0. The van der Waals surface area contributed by atoms with Crippen LogP contribution in [0.5, 0.6) is 0 Å². The Hall–Kier alpha value is -0.910. The van der Waals surface area contributed by atoms with Crippen molar-refractivity contribution in [1.29, 1.82) is 0 Å². The van der Waals surface area contributed by atoms with E-state index in [1.54, 1.807) is 11.8 Å². The van der Waals surface area contributed by atoms with Crippen LogP contribution in [-0.2, 0) is 4.79 Å². The number of carbonyl (C=O) groups excluding carboxylic acids is 1. The second kappa shape index (κ2) is 6.70. The van der Waals surface area contributed by atoms with E-state index in [1.165, 1.54) is 0 Å². The van der Waals surface area contributed by atoms with Crippen molar-refractivity contribution in [3.8, 4) is 0 Å². The fourth-order valence-electron chi connectivity index (χ4n) is 3.56. The van der Waals surface area contributed by atoms with E-state index in [1.807, 2.05) is 0 Å². The van der Waals surface area contributed by atoms with Crippen molar-refractivity contribution < 1.29 is 14.7 Å². The molecule has 2 fully saturated rings. The summed E-state index contributed by atoms with van der Waals surface area (Å²) in [6.45, 7) is 2.76. The zero-order valence-electron chi connectivity index (χ0n) is 12.1. The maximum Gasteiger partial charge on any atom is 0.315 e. The first-order valence-corrected chi connectivity index (χ1v) is 8.61. The first kappa shape index (κ1) is 15.5. The van der Waals surface area contributed by atoms with E-state index in [0.29, 0.717) is 17.7 Å². The average Bonchev–Trinajstić information content (AvgIpc) is 2.98. The molecule has 0 aliphatic heterocycles. The van der Waals surface area contributed by atoms with Crippen LogP contribution in [0, 0.1) is 17.8 Å². The molecule has 0 aromatic carbocycles. The molecule has 3 N–H and O–H groups in total. The maximum absolute atomic E-state index is 11.9. The maximum atomic E-state index is 11.9. The number of urea groups is 1. The van der Waals surface area contributed by atoms with Gasteiger partial charge in [0.25, 0.3) is 0 Å². The minimum atomic E-state index is -0.765. The molecule has 0 saturated heterocycles. The zero-order chi connectivity index (χ0) is 14.7. The molecule has 2 amide bonds. The summed E-state index contributed by atoms with van der Waals surface area (Å²) in [4.78, 5) is 23.2. The van der Waals surface area contributed by atoms with Gasteiger partial charge in [-0.25, -0.2) is 4.79 Å². The zero-order valence-corrected chi connectivity index (χ0v) is 12.9. The number of amides is 2. The number of hydrogen-bond donors (Lipinski definition) is 3. The Labute approximate surface area is 124 Å². The Morgan fingerprint density at radius 1 is 1.35 bits per heavy atom. The van der Waals surface area contributed by atoms with Gasteiger partial charge >= 0.3 is 12.0 Å². The van der Waals surface area contributed by atoms with Crippen molar-refractivity contribution in [2.75, 3.05) is 12.8 Å². The van der Waals surface area contributed by atoms with Crippen LogP contribution in [0.1, 0.15) is 32.6 Å². The molecule has 0 heterocycles. The molecule has 0 spiro atoms. The largest absolute Gasteiger partial charge is 0.481 e. The Morgan fingerprint density at radius 2 is 2.05 bits per heavy atom. The minimum Gasteiger partial charge on any atom is -0.481 e. The van der Waals surface area contributed by atoms with Crippen molar-refractivity contribution in [3.63, 3.8) is 0 Å². The van der Waals surface area contributed by atoms with E-state index in [0.717, 1.165) is 25.7 Å². The number of hydrogen-bond acceptors (Lipinski definition) is 3. The molecule has 2 rings (SSSR count). The number of nitrogens with one attached hydrogen (secondary N) is 2. The van der Waals surface area contributed by atoms with Crippen LogP contribution >= 0.6 is 11.8 Å². The fourth-order valence-corrected chi connectivity index (χ4v) is 3.92. The van der Waals surface area contributed by atoms with Crippen LogP contribution in [0.3, 0.4) is 0 Å². The lowest BCUT2D eigenvalue weighted by atomic mass is 9.84. The molecule has 2 aliphatic carbocycles. The highest BCUT2D eigenvalue weighted by Gasteiger charge is 2.51. The molecular weight excluding hydrogens is 276 g/mol. The first-order chi connectivity index (χ1) is 9.52. The predicted molar refractivity (Wildman–Crippen MR) is 79.9 cm³/mol. The summed E-state index contributed by atoms with van der Waals surface area (Å²) in [6, 6.07) is -0.411. The van der Waals surface area contributed by atoms with Crippen molar-refractivity contribution in [3.05, 3.63) is 0 Å². The highest BCUT2D eigenvalue weighted by atomic mass is 32.2. The van der Waals surface area contributed by atoms with Gasteiger partial charge in [-0.15, -0.1) is 0 Å². The van der Waals surface area contributed by atoms with E-state index in [9.17, 15) is 14.7 Å². The first-order valence-electron chi connectivity index (χ1n) is 7.33. The van der Waals surface area contributed by atoms with Gasteiger partial charge in [-0.05, 0) is 43.8 Å². The van der Waals surface area contributed by atoms with E-state index in [-0.39, 0.29) is 18.0 Å². The lowest BCUT2D eigenvalue weighted by Crippen LogP contribution is -2.50. The van der Waals surface area contributed by atoms with Crippen molar-refractivity contribution in [2.24, 2.45) is 17.8 Å². The number of fused-ring (bicyclic) bond motifs is 2. The van der Waals surface area contributed by atoms with Crippen LogP contribution in [0.2, 0.25) is 0 Å². The third-order valence-electron chi connectivity index (χ3n) is 4.74. The number of aliphatic carboxylic acids is 1. The number of carboxylic acids is 1. The average molecular weight is 300 g/mol. The molecule has 2 aliphatic rings. The van der Waals surface area contributed by atoms with Crippen molar-refractivity contribution >= 4 is 23.8 Å². The molecule has 0 radical (unpaired) electrons. The van der Waals surface area contributed by atoms with Crippen LogP contribution in [0.4, 0.5) is 4.79 Å². The van der Waals surface area contributed by atoms with Gasteiger partial charge in [0.15, 0.2) is 0 Å². The van der Waals surface area contributed by atoms with Gasteiger partial charge in [-0.2, -0.15) is 11.8 Å². The normalized spacial score (nSPS) is 32.9. The smallest absolute Gasteiger partial charge is 0.315 e. The molecule has 5 unspecified atom stereocenters. The highest BCUT2D eigenvalue weighted by molar-refractivity contribution is 7.99. The van der Waals surface area contributed by atoms with Crippen LogP contribution < -0.4 is 10.6 Å². The third-order valence-corrected chi connectivity index (χ3v) is 5.78. The highest BCUT2D eigenvalue weighted by Crippen LogP contribution is 2.48. The number of carbonyl (C=O) groups is 2. The van der Waals surface area contributed by atoms with Gasteiger partial charge in [0.2, 0.25) is 0 Å². The lowest BCUT2D eigenvalue weighted by molar-refractivity contribution is -0.144. The second-order valence-electron chi connectivity index (χ2n) is 5.96. The molecule has 5 nitrogen and oxygen atoms in total. The summed E-state index contributed by atoms with van der Waals surface area (Å²) in [7, 11) is 0. The molecule has 5 atom stereocenters. The standard InChI is InChI=1S/C14H24N2O3S/c1-8(20-2)5-6-15-14(19)16-12-10-4-3-9(7-10)11(12)13(17)18/h8-12H,3-7H2,1-2H3,(H,17,18)(H2,15,16,19). The number of thioether (sulfide) groups is 1. The molecule has 0 aromatic heterocycles. The van der Waals surface area contributed by atoms with E-state index in [4.69, 9.17) is 0 Å². The predicted octanol–water partition coefficient (Wildman–Crippen LogP) is 1.93. The Balaban J connectivity index is 1.80. The summed E-state index contributed by atoms with van der Waals surface area (Å²) in [5.41, 5.74) is 0. The Kier molecular flexibility index (Phi) is 5.18. The topological polar surface area (TPSA) is 78.4 Å². The Morgan fingerprint density at radius 3 is 2.70 bits per heavy atom. The van der Waals surface area contributed by atoms with Crippen LogP contribution in [0.15, 0.2) is 0 Å². The Bertz CT molecular complexity index is 377. The van der Waals surface area contributed by atoms with Crippen molar-refractivity contribution in [2.45, 2.75) is 43.9 Å². The summed E-state index contributed by atoms with van der Waals surface area (Å²) in [6.07, 6.45) is 5.96. The molecular formula is C14H24N2O3S. The van der Waals surface area contributed by atoms with E-state index < -0.39 is 11.9 Å². The molecule has 114 valence electrons. The molecule has 6 heteroatoms. The van der Waals surface area contributed by atoms with Crippen LogP contribution in [-0.4, -0.2) is 41.2 Å². The fraction of sp³-hybridized carbons (Fsp3) is 0.857. The molecule has 20 heavy (non-hydrogen) atoms. The third kappa shape index (κ3) is 3.40. The summed E-state index contributed by atoms with van der Waals surface area (Å²) in [5.74, 6) is -0.570. The lowest BCUT2D eigenvalue weighted by Gasteiger charge is -2.28. The van der Waals surface area contributed by atoms with Gasteiger partial charge in [0, 0.05) is 17.8 Å². The minimum absolute atomic E-state index is 0.191. The number of rotatable bonds is 6. The molecule has 0 aromatic rings. The van der Waals surface area contributed by atoms with Gasteiger partial charge in [0.05, 0.1) is 5.92 Å². The van der Waals surface area contributed by atoms with Crippen LogP contribution in [0.25, 0.3) is 0 Å². The van der Waals surface area contributed by atoms with Gasteiger partial charge in [-0.1, -0.05) is 6.92 Å². The molecule has 2 bridgehead atoms. The van der Waals surface area contributed by atoms with Crippen molar-refractivity contribution in [1.82, 2.24) is 10.6 Å². The second-order valence-corrected chi connectivity index (χ2v) is 7.23. The quantitative estimate of drug-likeness (QED) is 0.700. The SMILES string of the molecule is CSC(C)CCNC(=O)NC1C2CCC(C2)C1C(=O)O. The summed E-state index contributed by atoms with van der Waals surface area (Å²) >= 11 is 1.77. The van der Waals surface area contributed by atoms with Gasteiger partial charge in [0.1, 0.15) is 0 Å². The van der Waals surface area contributed by atoms with Gasteiger partial charge < -0.3 is 15.7 Å².